The van der Waals surface area contributed by atoms with Crippen molar-refractivity contribution in [3.63, 3.8) is 0 Å². The summed E-state index contributed by atoms with van der Waals surface area (Å²) in [5.41, 5.74) is 0.854. The van der Waals surface area contributed by atoms with E-state index in [1.165, 1.54) is 0 Å². The first-order valence-electron chi connectivity index (χ1n) is 3.13. The summed E-state index contributed by atoms with van der Waals surface area (Å²) in [7, 11) is 0. The lowest BCUT2D eigenvalue weighted by atomic mass is 10.1. The SMILES string of the molecule is C[C@H]([18OH])c1cccc(Cl)c1. The van der Waals surface area contributed by atoms with Crippen LogP contribution in [-0.2, 0) is 0 Å². The van der Waals surface area contributed by atoms with Gasteiger partial charge in [0.15, 0.2) is 0 Å². The van der Waals surface area contributed by atoms with Crippen LogP contribution < -0.4 is 0 Å². The zero-order valence-electron chi connectivity index (χ0n) is 5.71. The fraction of sp³-hybridized carbons (Fsp3) is 0.250. The lowest BCUT2D eigenvalue weighted by Gasteiger charge is -2.02. The second kappa shape index (κ2) is 3.04. The molecule has 0 aliphatic rings. The molecule has 0 unspecified atom stereocenters. The van der Waals surface area contributed by atoms with E-state index in [4.69, 9.17) is 16.7 Å². The molecule has 1 aromatic rings. The van der Waals surface area contributed by atoms with Gasteiger partial charge >= 0.3 is 0 Å². The van der Waals surface area contributed by atoms with E-state index in [1.807, 2.05) is 12.1 Å². The summed E-state index contributed by atoms with van der Waals surface area (Å²) in [6.07, 6.45) is -0.432. The average Bonchev–Trinajstić information content (AvgIpc) is 1.88. The van der Waals surface area contributed by atoms with Crippen molar-refractivity contribution in [2.24, 2.45) is 0 Å². The van der Waals surface area contributed by atoms with Gasteiger partial charge in [-0.15, -0.1) is 0 Å². The van der Waals surface area contributed by atoms with Crippen molar-refractivity contribution in [1.82, 2.24) is 0 Å². The van der Waals surface area contributed by atoms with Gasteiger partial charge in [-0.1, -0.05) is 23.7 Å². The molecule has 1 atom stereocenters. The van der Waals surface area contributed by atoms with Crippen molar-refractivity contribution >= 4 is 11.6 Å². The molecule has 0 aliphatic heterocycles. The Morgan fingerprint density at radius 2 is 2.20 bits per heavy atom. The van der Waals surface area contributed by atoms with Crippen LogP contribution in [0.5, 0.6) is 0 Å². The molecule has 0 spiro atoms. The Hall–Kier alpha value is -0.530. The van der Waals surface area contributed by atoms with Crippen molar-refractivity contribution in [2.75, 3.05) is 0 Å². The first kappa shape index (κ1) is 7.58. The Bertz CT molecular complexity index is 220. The molecule has 0 bridgehead atoms. The van der Waals surface area contributed by atoms with Gasteiger partial charge in [0, 0.05) is 5.02 Å². The van der Waals surface area contributed by atoms with E-state index in [0.717, 1.165) is 5.56 Å². The lowest BCUT2D eigenvalue weighted by molar-refractivity contribution is 0.199. The van der Waals surface area contributed by atoms with Gasteiger partial charge in [-0.25, -0.2) is 0 Å². The largest absolute Gasteiger partial charge is 0.389 e. The van der Waals surface area contributed by atoms with Gasteiger partial charge in [0.05, 0.1) is 6.10 Å². The summed E-state index contributed by atoms with van der Waals surface area (Å²) in [5.74, 6) is 0. The Balaban J connectivity index is 2.96. The maximum absolute atomic E-state index is 9.09. The van der Waals surface area contributed by atoms with Gasteiger partial charge in [-0.3, -0.25) is 0 Å². The molecule has 0 aromatic heterocycles. The molecule has 1 N–H and O–H groups in total. The van der Waals surface area contributed by atoms with Gasteiger partial charge in [-0.2, -0.15) is 0 Å². The predicted octanol–water partition coefficient (Wildman–Crippen LogP) is 2.39. The maximum Gasteiger partial charge on any atom is 0.0762 e. The quantitative estimate of drug-likeness (QED) is 0.623. The number of benzene rings is 1. The van der Waals surface area contributed by atoms with E-state index >= 15 is 0 Å². The van der Waals surface area contributed by atoms with Crippen LogP contribution in [-0.4, -0.2) is 5.11 Å². The van der Waals surface area contributed by atoms with Gasteiger partial charge < -0.3 is 5.11 Å². The molecule has 2 heteroatoms. The zero-order valence-corrected chi connectivity index (χ0v) is 6.47. The number of aliphatic hydroxyl groups excluding tert-OH is 1. The van der Waals surface area contributed by atoms with E-state index in [0.29, 0.717) is 5.02 Å². The number of rotatable bonds is 1. The van der Waals surface area contributed by atoms with Crippen LogP contribution in [0.1, 0.15) is 18.6 Å². The van der Waals surface area contributed by atoms with Crippen LogP contribution in [0.25, 0.3) is 0 Å². The molecule has 0 heterocycles. The molecular weight excluding hydrogens is 150 g/mol. The van der Waals surface area contributed by atoms with E-state index in [1.54, 1.807) is 19.1 Å². The fourth-order valence-electron chi connectivity index (χ4n) is 0.766. The molecule has 1 nitrogen and oxygen atoms in total. The van der Waals surface area contributed by atoms with Crippen LogP contribution in [0.4, 0.5) is 0 Å². The normalized spacial score (nSPS) is 13.1. The lowest BCUT2D eigenvalue weighted by Crippen LogP contribution is -1.88. The monoisotopic (exact) mass is 158 g/mol. The first-order valence-corrected chi connectivity index (χ1v) is 3.51. The number of hydrogen-bond donors (Lipinski definition) is 1. The first-order chi connectivity index (χ1) is 4.70. The molecule has 1 aromatic carbocycles. The van der Waals surface area contributed by atoms with E-state index in [-0.39, 0.29) is 0 Å². The predicted molar refractivity (Wildman–Crippen MR) is 42.1 cm³/mol. The standard InChI is InChI=1S/C8H9ClO/c1-6(10)7-3-2-4-8(9)5-7/h2-6,10H,1H3/t6-/m0/s1/i10+2. The molecule has 0 fully saturated rings. The summed E-state index contributed by atoms with van der Waals surface area (Å²) >= 11 is 5.68. The van der Waals surface area contributed by atoms with Crippen molar-refractivity contribution in [3.05, 3.63) is 34.9 Å². The minimum Gasteiger partial charge on any atom is -0.389 e. The third-order valence-corrected chi connectivity index (χ3v) is 1.57. The van der Waals surface area contributed by atoms with Crippen LogP contribution >= 0.6 is 11.6 Å². The van der Waals surface area contributed by atoms with Crippen molar-refractivity contribution in [1.29, 1.82) is 0 Å². The Morgan fingerprint density at radius 1 is 1.50 bits per heavy atom. The zero-order chi connectivity index (χ0) is 7.56. The van der Waals surface area contributed by atoms with Crippen LogP contribution in [0, 0.1) is 0 Å². The van der Waals surface area contributed by atoms with Crippen molar-refractivity contribution in [3.8, 4) is 0 Å². The van der Waals surface area contributed by atoms with Gasteiger partial charge in [0.25, 0.3) is 0 Å². The van der Waals surface area contributed by atoms with Crippen molar-refractivity contribution in [2.45, 2.75) is 13.0 Å². The topological polar surface area (TPSA) is 20.2 Å². The van der Waals surface area contributed by atoms with Crippen molar-refractivity contribution < 1.29 is 5.11 Å². The number of hydrogen-bond acceptors (Lipinski definition) is 1. The molecule has 0 amide bonds. The number of halogens is 1. The highest BCUT2D eigenvalue weighted by Crippen LogP contribution is 2.16. The molecule has 0 saturated carbocycles. The van der Waals surface area contributed by atoms with Gasteiger partial charge in [0.2, 0.25) is 0 Å². The third kappa shape index (κ3) is 1.72. The molecule has 0 aliphatic carbocycles. The summed E-state index contributed by atoms with van der Waals surface area (Å²) in [4.78, 5) is 0. The minimum atomic E-state index is -0.432. The molecule has 10 heavy (non-hydrogen) atoms. The van der Waals surface area contributed by atoms with Crippen LogP contribution in [0.2, 0.25) is 5.02 Å². The Labute approximate surface area is 65.3 Å². The van der Waals surface area contributed by atoms with Gasteiger partial charge in [0.1, 0.15) is 0 Å². The van der Waals surface area contributed by atoms with Crippen LogP contribution in [0.15, 0.2) is 24.3 Å². The minimum absolute atomic E-state index is 0.432. The fourth-order valence-corrected chi connectivity index (χ4v) is 0.965. The Morgan fingerprint density at radius 3 is 2.60 bits per heavy atom. The summed E-state index contributed by atoms with van der Waals surface area (Å²) < 4.78 is 0. The van der Waals surface area contributed by atoms with Gasteiger partial charge in [-0.05, 0) is 24.6 Å². The Kier molecular flexibility index (Phi) is 2.30. The molecule has 0 saturated heterocycles. The highest BCUT2D eigenvalue weighted by atomic mass is 35.5. The third-order valence-electron chi connectivity index (χ3n) is 1.33. The van der Waals surface area contributed by atoms with E-state index in [2.05, 4.69) is 0 Å². The molecule has 1 rings (SSSR count). The maximum atomic E-state index is 9.09. The van der Waals surface area contributed by atoms with E-state index < -0.39 is 6.10 Å². The van der Waals surface area contributed by atoms with E-state index in [9.17, 15) is 0 Å². The molecular formula is C8H9ClO. The molecule has 0 radical (unpaired) electrons. The molecule has 54 valence electrons. The summed E-state index contributed by atoms with van der Waals surface area (Å²) in [6.45, 7) is 1.71. The van der Waals surface area contributed by atoms with Crippen LogP contribution in [0.3, 0.4) is 0 Å². The highest BCUT2D eigenvalue weighted by Gasteiger charge is 1.98. The second-order valence-electron chi connectivity index (χ2n) is 2.23. The second-order valence-corrected chi connectivity index (χ2v) is 2.67. The highest BCUT2D eigenvalue weighted by molar-refractivity contribution is 6.30. The smallest absolute Gasteiger partial charge is 0.0762 e. The summed E-state index contributed by atoms with van der Waals surface area (Å²) in [5, 5.41) is 9.75. The summed E-state index contributed by atoms with van der Waals surface area (Å²) in [6, 6.07) is 7.21. The average molecular weight is 159 g/mol. The number of aliphatic hydroxyl groups is 1.